The molecule has 0 spiro atoms. The van der Waals surface area contributed by atoms with Crippen molar-refractivity contribution in [1.29, 1.82) is 0 Å². The number of H-pyrrole nitrogens is 1. The monoisotopic (exact) mass is 382 g/mol. The molecule has 2 aromatic carbocycles. The van der Waals surface area contributed by atoms with Gasteiger partial charge >= 0.3 is 0 Å². The fourth-order valence-corrected chi connectivity index (χ4v) is 2.93. The quantitative estimate of drug-likeness (QED) is 0.536. The van der Waals surface area contributed by atoms with E-state index in [1.54, 1.807) is 30.1 Å². The van der Waals surface area contributed by atoms with Crippen LogP contribution in [0.5, 0.6) is 5.75 Å². The predicted octanol–water partition coefficient (Wildman–Crippen LogP) is 3.38. The number of nitrogens with one attached hydrogen (secondary N) is 1. The summed E-state index contributed by atoms with van der Waals surface area (Å²) < 4.78 is 20.4. The van der Waals surface area contributed by atoms with E-state index in [9.17, 15) is 4.39 Å². The first-order valence-corrected chi connectivity index (χ1v) is 8.52. The molecule has 2 heterocycles. The Morgan fingerprint density at radius 3 is 2.56 bits per heavy atom. The third-order valence-electron chi connectivity index (χ3n) is 4.03. The molecule has 0 fully saturated rings. The van der Waals surface area contributed by atoms with E-state index in [1.165, 1.54) is 16.9 Å². The van der Waals surface area contributed by atoms with Gasteiger partial charge in [0, 0.05) is 6.20 Å². The zero-order valence-electron chi connectivity index (χ0n) is 14.3. The number of benzene rings is 2. The topological polar surface area (TPSA) is 73.5 Å². The Bertz CT molecular complexity index is 1110. The van der Waals surface area contributed by atoms with Crippen LogP contribution in [0.3, 0.4) is 0 Å². The third-order valence-corrected chi connectivity index (χ3v) is 4.44. The summed E-state index contributed by atoms with van der Waals surface area (Å²) in [5.74, 6) is 0.908. The Kier molecular flexibility index (Phi) is 4.51. The van der Waals surface area contributed by atoms with Crippen molar-refractivity contribution in [3.05, 3.63) is 70.7 Å². The van der Waals surface area contributed by atoms with Gasteiger partial charge in [-0.15, -0.1) is 10.2 Å². The molecule has 0 saturated heterocycles. The number of aromatic amines is 1. The Labute approximate surface area is 159 Å². The zero-order valence-corrected chi connectivity index (χ0v) is 15.2. The first-order chi connectivity index (χ1) is 13.1. The lowest BCUT2D eigenvalue weighted by Crippen LogP contribution is -2.04. The van der Waals surface area contributed by atoms with Gasteiger partial charge in [0.15, 0.2) is 0 Å². The minimum absolute atomic E-state index is 0.305. The summed E-state index contributed by atoms with van der Waals surface area (Å²) in [6.45, 7) is 0.478. The molecule has 0 aliphatic heterocycles. The molecule has 0 radical (unpaired) electrons. The Hall–Kier alpha value is -3.33. The van der Waals surface area contributed by atoms with Gasteiger partial charge in [0.1, 0.15) is 16.2 Å². The normalized spacial score (nSPS) is 10.9. The predicted molar refractivity (Wildman–Crippen MR) is 99.8 cm³/mol. The molecule has 0 aliphatic rings. The SMILES string of the molecule is COc1ccc(Cn2nnc(-c3c[nH]n(-c4ccc(F)cc4)c3=S)n2)cc1. The van der Waals surface area contributed by atoms with Crippen LogP contribution in [0.4, 0.5) is 4.39 Å². The van der Waals surface area contributed by atoms with Crippen LogP contribution in [-0.4, -0.2) is 37.1 Å². The Morgan fingerprint density at radius 2 is 1.85 bits per heavy atom. The molecular formula is C18H15FN6OS. The van der Waals surface area contributed by atoms with Gasteiger partial charge in [0.2, 0.25) is 5.82 Å². The molecule has 9 heteroatoms. The van der Waals surface area contributed by atoms with Gasteiger partial charge in [-0.2, -0.15) is 4.80 Å². The van der Waals surface area contributed by atoms with Crippen molar-refractivity contribution < 1.29 is 9.13 Å². The molecule has 0 amide bonds. The number of aromatic nitrogens is 6. The molecule has 0 bridgehead atoms. The van der Waals surface area contributed by atoms with Crippen LogP contribution in [-0.2, 0) is 6.54 Å². The van der Waals surface area contributed by atoms with Crippen LogP contribution in [0.2, 0.25) is 0 Å². The van der Waals surface area contributed by atoms with Crippen molar-refractivity contribution in [3.63, 3.8) is 0 Å². The summed E-state index contributed by atoms with van der Waals surface area (Å²) in [7, 11) is 1.63. The van der Waals surface area contributed by atoms with Gasteiger partial charge in [-0.3, -0.25) is 5.10 Å². The summed E-state index contributed by atoms with van der Waals surface area (Å²) in [6, 6.07) is 13.7. The minimum atomic E-state index is -0.305. The van der Waals surface area contributed by atoms with E-state index >= 15 is 0 Å². The van der Waals surface area contributed by atoms with Crippen LogP contribution in [0.1, 0.15) is 5.56 Å². The minimum Gasteiger partial charge on any atom is -0.497 e. The van der Waals surface area contributed by atoms with Crippen molar-refractivity contribution in [2.24, 2.45) is 0 Å². The number of tetrazole rings is 1. The van der Waals surface area contributed by atoms with E-state index in [0.717, 1.165) is 17.0 Å². The fourth-order valence-electron chi connectivity index (χ4n) is 2.62. The molecule has 4 aromatic rings. The Morgan fingerprint density at radius 1 is 1.11 bits per heavy atom. The van der Waals surface area contributed by atoms with Crippen LogP contribution in [0.15, 0.2) is 54.7 Å². The van der Waals surface area contributed by atoms with Crippen LogP contribution >= 0.6 is 12.2 Å². The molecule has 0 saturated carbocycles. The maximum Gasteiger partial charge on any atom is 0.209 e. The lowest BCUT2D eigenvalue weighted by Gasteiger charge is -2.02. The second-order valence-corrected chi connectivity index (χ2v) is 6.18. The molecule has 4 rings (SSSR count). The summed E-state index contributed by atoms with van der Waals surface area (Å²) in [4.78, 5) is 1.50. The van der Waals surface area contributed by atoms with Crippen molar-refractivity contribution in [2.45, 2.75) is 6.54 Å². The van der Waals surface area contributed by atoms with Crippen molar-refractivity contribution >= 4 is 12.2 Å². The van der Waals surface area contributed by atoms with Gasteiger partial charge < -0.3 is 4.74 Å². The lowest BCUT2D eigenvalue weighted by molar-refractivity contribution is 0.414. The number of hydrogen-bond donors (Lipinski definition) is 1. The van der Waals surface area contributed by atoms with Gasteiger partial charge in [0.25, 0.3) is 0 Å². The molecule has 0 unspecified atom stereocenters. The maximum absolute atomic E-state index is 13.1. The highest BCUT2D eigenvalue weighted by Crippen LogP contribution is 2.19. The van der Waals surface area contributed by atoms with E-state index in [1.807, 2.05) is 24.3 Å². The molecule has 0 atom stereocenters. The maximum atomic E-state index is 13.1. The summed E-state index contributed by atoms with van der Waals surface area (Å²) in [5.41, 5.74) is 2.39. The average molecular weight is 382 g/mol. The summed E-state index contributed by atoms with van der Waals surface area (Å²) >= 11 is 5.50. The molecular weight excluding hydrogens is 367 g/mol. The highest BCUT2D eigenvalue weighted by molar-refractivity contribution is 7.71. The van der Waals surface area contributed by atoms with Crippen molar-refractivity contribution in [3.8, 4) is 22.8 Å². The average Bonchev–Trinajstić information content (AvgIpc) is 3.29. The smallest absolute Gasteiger partial charge is 0.209 e. The van der Waals surface area contributed by atoms with Crippen molar-refractivity contribution in [1.82, 2.24) is 30.0 Å². The second-order valence-electron chi connectivity index (χ2n) is 5.80. The highest BCUT2D eigenvalue weighted by Gasteiger charge is 2.12. The van der Waals surface area contributed by atoms with Gasteiger partial charge in [-0.1, -0.05) is 24.4 Å². The summed E-state index contributed by atoms with van der Waals surface area (Å²) in [6.07, 6.45) is 1.71. The molecule has 0 aliphatic carbocycles. The van der Waals surface area contributed by atoms with Crippen LogP contribution < -0.4 is 4.74 Å². The first kappa shape index (κ1) is 17.1. The van der Waals surface area contributed by atoms with Crippen LogP contribution in [0.25, 0.3) is 17.1 Å². The van der Waals surface area contributed by atoms with Gasteiger partial charge in [-0.25, -0.2) is 9.07 Å². The number of ether oxygens (including phenoxy) is 1. The molecule has 27 heavy (non-hydrogen) atoms. The standard InChI is InChI=1S/C18H15FN6OS/c1-26-15-8-2-12(3-9-15)11-24-22-17(21-23-24)16-10-20-25(18(16)27)14-6-4-13(19)5-7-14/h2-10,20H,11H2,1H3. The third kappa shape index (κ3) is 3.49. The number of methoxy groups -OCH3 is 1. The van der Waals surface area contributed by atoms with Gasteiger partial charge in [-0.05, 0) is 47.2 Å². The summed E-state index contributed by atoms with van der Waals surface area (Å²) in [5, 5.41) is 15.6. The van der Waals surface area contributed by atoms with Crippen molar-refractivity contribution in [2.75, 3.05) is 7.11 Å². The van der Waals surface area contributed by atoms with E-state index in [-0.39, 0.29) is 5.82 Å². The fraction of sp³-hybridized carbons (Fsp3) is 0.111. The molecule has 136 valence electrons. The van der Waals surface area contributed by atoms with Crippen LogP contribution in [0, 0.1) is 10.5 Å². The molecule has 1 N–H and O–H groups in total. The largest absolute Gasteiger partial charge is 0.497 e. The Balaban J connectivity index is 1.58. The zero-order chi connectivity index (χ0) is 18.8. The number of rotatable bonds is 5. The van der Waals surface area contributed by atoms with E-state index in [0.29, 0.717) is 22.6 Å². The molecule has 7 nitrogen and oxygen atoms in total. The number of nitrogens with zero attached hydrogens (tertiary/aromatic N) is 5. The van der Waals surface area contributed by atoms with E-state index < -0.39 is 0 Å². The van der Waals surface area contributed by atoms with E-state index in [2.05, 4.69) is 20.5 Å². The van der Waals surface area contributed by atoms with E-state index in [4.69, 9.17) is 17.0 Å². The number of halogens is 1. The second kappa shape index (κ2) is 7.12. The first-order valence-electron chi connectivity index (χ1n) is 8.11. The van der Waals surface area contributed by atoms with Gasteiger partial charge in [0.05, 0.1) is 24.9 Å². The highest BCUT2D eigenvalue weighted by atomic mass is 32.1. The lowest BCUT2D eigenvalue weighted by atomic mass is 10.2. The molecule has 2 aromatic heterocycles. The number of hydrogen-bond acceptors (Lipinski definition) is 5.